The summed E-state index contributed by atoms with van der Waals surface area (Å²) in [6.07, 6.45) is 0. The van der Waals surface area contributed by atoms with Crippen molar-refractivity contribution in [3.8, 4) is 23.6 Å². The van der Waals surface area contributed by atoms with Crippen LogP contribution in [-0.4, -0.2) is 5.60 Å². The van der Waals surface area contributed by atoms with E-state index in [4.69, 9.17) is 9.47 Å². The topological polar surface area (TPSA) is 66.0 Å². The van der Waals surface area contributed by atoms with Crippen LogP contribution in [0.5, 0.6) is 11.5 Å². The average molecular weight is 382 g/mol. The monoisotopic (exact) mass is 382 g/mol. The highest BCUT2D eigenvalue weighted by atomic mass is 32.2. The molecule has 134 valence electrons. The van der Waals surface area contributed by atoms with Crippen LogP contribution in [0.25, 0.3) is 0 Å². The maximum absolute atomic E-state index is 10.0. The fraction of sp³-hybridized carbons (Fsp3) is 0.130. The van der Waals surface area contributed by atoms with Crippen LogP contribution in [0.4, 0.5) is 0 Å². The van der Waals surface area contributed by atoms with E-state index in [1.807, 2.05) is 78.9 Å². The van der Waals surface area contributed by atoms with Crippen molar-refractivity contribution in [2.24, 2.45) is 0 Å². The lowest BCUT2D eigenvalue weighted by Gasteiger charge is -2.36. The third kappa shape index (κ3) is 2.21. The Labute approximate surface area is 166 Å². The van der Waals surface area contributed by atoms with Gasteiger partial charge in [-0.2, -0.15) is 10.5 Å². The van der Waals surface area contributed by atoms with Gasteiger partial charge in [-0.15, -0.1) is 11.8 Å². The predicted octanol–water partition coefficient (Wildman–Crippen LogP) is 5.28. The summed E-state index contributed by atoms with van der Waals surface area (Å²) in [5, 5.41) is 19.6. The van der Waals surface area contributed by atoms with E-state index in [9.17, 15) is 10.5 Å². The zero-order valence-corrected chi connectivity index (χ0v) is 15.5. The van der Waals surface area contributed by atoms with Crippen molar-refractivity contribution in [3.05, 3.63) is 95.6 Å². The summed E-state index contributed by atoms with van der Waals surface area (Å²) in [4.78, 5) is -1.00. The first-order chi connectivity index (χ1) is 13.7. The van der Waals surface area contributed by atoms with Crippen LogP contribution in [0, 0.1) is 22.7 Å². The number of thioether (sulfide) groups is 1. The maximum Gasteiger partial charge on any atom is 0.259 e. The smallest absolute Gasteiger partial charge is 0.259 e. The molecule has 0 saturated carbocycles. The molecule has 1 saturated heterocycles. The SMILES string of the molecule is N#CC1(C#N)OC2(SC1c1ccccc1)c1ccccc1Oc1ccccc12. The quantitative estimate of drug-likeness (QED) is 0.572. The van der Waals surface area contributed by atoms with E-state index in [-0.39, 0.29) is 0 Å². The standard InChI is InChI=1S/C23H14N2O2S/c24-14-22(15-25)21(16-8-2-1-3-9-16)28-23(27-22)17-10-4-6-12-19(17)26-20-13-7-5-11-18(20)23/h1-13,21H. The van der Waals surface area contributed by atoms with Gasteiger partial charge in [0.05, 0.1) is 5.25 Å². The zero-order chi connectivity index (χ0) is 19.2. The van der Waals surface area contributed by atoms with Crippen LogP contribution < -0.4 is 4.74 Å². The molecule has 1 unspecified atom stereocenters. The Kier molecular flexibility index (Phi) is 3.70. The summed E-state index contributed by atoms with van der Waals surface area (Å²) in [6, 6.07) is 29.2. The Bertz CT molecular complexity index is 1090. The van der Waals surface area contributed by atoms with E-state index in [0.29, 0.717) is 11.5 Å². The van der Waals surface area contributed by atoms with Crippen molar-refractivity contribution in [2.75, 3.05) is 0 Å². The van der Waals surface area contributed by atoms with Gasteiger partial charge < -0.3 is 9.47 Å². The molecule has 3 aromatic rings. The fourth-order valence-electron chi connectivity index (χ4n) is 3.83. The van der Waals surface area contributed by atoms with Crippen LogP contribution >= 0.6 is 11.8 Å². The van der Waals surface area contributed by atoms with Crippen LogP contribution in [0.3, 0.4) is 0 Å². The molecule has 1 spiro atoms. The number of ether oxygens (including phenoxy) is 2. The van der Waals surface area contributed by atoms with Crippen molar-refractivity contribution in [1.82, 2.24) is 0 Å². The second kappa shape index (κ2) is 6.14. The highest BCUT2D eigenvalue weighted by Gasteiger charge is 2.62. The van der Waals surface area contributed by atoms with Gasteiger partial charge in [-0.05, 0) is 17.7 Å². The van der Waals surface area contributed by atoms with Crippen LogP contribution in [0.2, 0.25) is 0 Å². The summed E-state index contributed by atoms with van der Waals surface area (Å²) in [7, 11) is 0. The Balaban J connectivity index is 1.78. The number of rotatable bonds is 1. The van der Waals surface area contributed by atoms with Crippen molar-refractivity contribution in [2.45, 2.75) is 15.8 Å². The molecule has 3 aromatic carbocycles. The van der Waals surface area contributed by atoms with Crippen molar-refractivity contribution in [1.29, 1.82) is 10.5 Å². The summed E-state index contributed by atoms with van der Waals surface area (Å²) in [5.74, 6) is 1.35. The Morgan fingerprint density at radius 2 is 1.29 bits per heavy atom. The minimum Gasteiger partial charge on any atom is -0.456 e. The third-order valence-electron chi connectivity index (χ3n) is 5.10. The van der Waals surface area contributed by atoms with Gasteiger partial charge >= 0.3 is 0 Å². The summed E-state index contributed by atoms with van der Waals surface area (Å²) >= 11 is 1.48. The molecule has 0 radical (unpaired) electrons. The van der Waals surface area contributed by atoms with E-state index in [0.717, 1.165) is 16.7 Å². The summed E-state index contributed by atoms with van der Waals surface area (Å²) in [6.45, 7) is 0. The first kappa shape index (κ1) is 16.9. The Hall–Kier alpha value is -3.25. The number of nitrogens with zero attached hydrogens (tertiary/aromatic N) is 2. The molecule has 2 heterocycles. The van der Waals surface area contributed by atoms with Crippen LogP contribution in [-0.2, 0) is 9.67 Å². The first-order valence-electron chi connectivity index (χ1n) is 8.85. The predicted molar refractivity (Wildman–Crippen MR) is 106 cm³/mol. The van der Waals surface area contributed by atoms with E-state index in [1.165, 1.54) is 11.8 Å². The number of hydrogen-bond acceptors (Lipinski definition) is 5. The number of nitriles is 2. The molecule has 4 nitrogen and oxygen atoms in total. The molecule has 0 aromatic heterocycles. The number of fused-ring (bicyclic) bond motifs is 4. The van der Waals surface area contributed by atoms with Crippen LogP contribution in [0.15, 0.2) is 78.9 Å². The normalized spacial score (nSPS) is 20.3. The van der Waals surface area contributed by atoms with E-state index >= 15 is 0 Å². The lowest BCUT2D eigenvalue weighted by Crippen LogP contribution is -2.35. The minimum absolute atomic E-state index is 0.470. The average Bonchev–Trinajstić information content (AvgIpc) is 3.11. The lowest BCUT2D eigenvalue weighted by atomic mass is 9.93. The third-order valence-corrected chi connectivity index (χ3v) is 6.79. The molecular weight excluding hydrogens is 368 g/mol. The molecule has 5 rings (SSSR count). The molecule has 5 heteroatoms. The molecule has 0 bridgehead atoms. The van der Waals surface area contributed by atoms with Gasteiger partial charge in [-0.1, -0.05) is 66.7 Å². The largest absolute Gasteiger partial charge is 0.456 e. The van der Waals surface area contributed by atoms with Gasteiger partial charge in [-0.25, -0.2) is 0 Å². The first-order valence-corrected chi connectivity index (χ1v) is 9.73. The Morgan fingerprint density at radius 1 is 0.750 bits per heavy atom. The fourth-order valence-corrected chi connectivity index (χ4v) is 5.54. The minimum atomic E-state index is -1.62. The molecular formula is C23H14N2O2S. The second-order valence-corrected chi connectivity index (χ2v) is 7.96. The maximum atomic E-state index is 10.0. The molecule has 1 atom stereocenters. The Morgan fingerprint density at radius 3 is 1.86 bits per heavy atom. The molecule has 0 aliphatic carbocycles. The van der Waals surface area contributed by atoms with Gasteiger partial charge in [0.1, 0.15) is 23.6 Å². The second-order valence-electron chi connectivity index (χ2n) is 6.68. The number of hydrogen-bond donors (Lipinski definition) is 0. The summed E-state index contributed by atoms with van der Waals surface area (Å²) in [5.41, 5.74) is 0.886. The molecule has 2 aliphatic rings. The molecule has 2 aliphatic heterocycles. The highest BCUT2D eigenvalue weighted by molar-refractivity contribution is 8.00. The highest BCUT2D eigenvalue weighted by Crippen LogP contribution is 2.66. The van der Waals surface area contributed by atoms with Gasteiger partial charge in [-0.3, -0.25) is 0 Å². The summed E-state index contributed by atoms with van der Waals surface area (Å²) < 4.78 is 12.5. The molecule has 0 amide bonds. The molecule has 28 heavy (non-hydrogen) atoms. The number of benzene rings is 3. The van der Waals surface area contributed by atoms with Gasteiger partial charge in [0.25, 0.3) is 5.60 Å². The van der Waals surface area contributed by atoms with E-state index in [2.05, 4.69) is 12.1 Å². The van der Waals surface area contributed by atoms with Crippen molar-refractivity contribution in [3.63, 3.8) is 0 Å². The molecule has 1 fully saturated rings. The van der Waals surface area contributed by atoms with E-state index in [1.54, 1.807) is 0 Å². The van der Waals surface area contributed by atoms with Gasteiger partial charge in [0.15, 0.2) is 4.93 Å². The zero-order valence-electron chi connectivity index (χ0n) is 14.7. The van der Waals surface area contributed by atoms with Gasteiger partial charge in [0, 0.05) is 11.1 Å². The van der Waals surface area contributed by atoms with Crippen molar-refractivity contribution < 1.29 is 9.47 Å². The number of para-hydroxylation sites is 2. The van der Waals surface area contributed by atoms with Gasteiger partial charge in [0.2, 0.25) is 0 Å². The molecule has 0 N–H and O–H groups in total. The van der Waals surface area contributed by atoms with E-state index < -0.39 is 15.8 Å². The van der Waals surface area contributed by atoms with Crippen LogP contribution in [0.1, 0.15) is 21.9 Å². The van der Waals surface area contributed by atoms with Crippen molar-refractivity contribution >= 4 is 11.8 Å². The lowest BCUT2D eigenvalue weighted by molar-refractivity contribution is -0.0130.